The van der Waals surface area contributed by atoms with Gasteiger partial charge >= 0.3 is 0 Å². The molecular weight excluding hydrogens is 550 g/mol. The van der Waals surface area contributed by atoms with Crippen molar-refractivity contribution in [2.24, 2.45) is 0 Å². The molecule has 1 atom stereocenters. The van der Waals surface area contributed by atoms with Crippen LogP contribution in [0.15, 0.2) is 73.1 Å². The molecular formula is C29H25Cl2FN8. The van der Waals surface area contributed by atoms with Crippen molar-refractivity contribution >= 4 is 51.2 Å². The molecule has 0 saturated carbocycles. The molecule has 40 heavy (non-hydrogen) atoms. The van der Waals surface area contributed by atoms with Gasteiger partial charge in [0.05, 0.1) is 45.6 Å². The predicted molar refractivity (Wildman–Crippen MR) is 157 cm³/mol. The van der Waals surface area contributed by atoms with Crippen molar-refractivity contribution in [2.45, 2.75) is 12.6 Å². The number of pyridine rings is 1. The average Bonchev–Trinajstić information content (AvgIpc) is 3.42. The van der Waals surface area contributed by atoms with E-state index in [4.69, 9.17) is 23.2 Å². The van der Waals surface area contributed by atoms with Gasteiger partial charge in [0, 0.05) is 29.5 Å². The number of fused-ring (bicyclic) bond motifs is 1. The minimum absolute atomic E-state index is 0.0356. The van der Waals surface area contributed by atoms with E-state index in [1.807, 2.05) is 61.4 Å². The van der Waals surface area contributed by atoms with Crippen LogP contribution in [0, 0.1) is 17.1 Å². The van der Waals surface area contributed by atoms with Crippen molar-refractivity contribution in [3.63, 3.8) is 0 Å². The van der Waals surface area contributed by atoms with Crippen molar-refractivity contribution in [3.05, 3.63) is 106 Å². The van der Waals surface area contributed by atoms with E-state index in [1.54, 1.807) is 12.1 Å². The maximum Gasteiger partial charge on any atom is 0.141 e. The van der Waals surface area contributed by atoms with Crippen molar-refractivity contribution in [1.82, 2.24) is 24.9 Å². The van der Waals surface area contributed by atoms with Crippen LogP contribution in [0.25, 0.3) is 10.9 Å². The van der Waals surface area contributed by atoms with Gasteiger partial charge in [-0.25, -0.2) is 4.39 Å². The zero-order valence-electron chi connectivity index (χ0n) is 21.7. The SMILES string of the molecule is CN(C)CCn1cc(C(Nc2cc(Cl)c3ncc(C#N)c(Nc4ccc(F)c(Cl)c4)c3c2)c2ccccc2)nn1. The fourth-order valence-corrected chi connectivity index (χ4v) is 4.73. The van der Waals surface area contributed by atoms with E-state index in [0.29, 0.717) is 45.1 Å². The lowest BCUT2D eigenvalue weighted by Crippen LogP contribution is -2.18. The zero-order chi connectivity index (χ0) is 28.2. The summed E-state index contributed by atoms with van der Waals surface area (Å²) in [6, 6.07) is 19.7. The van der Waals surface area contributed by atoms with E-state index in [0.717, 1.165) is 17.8 Å². The molecule has 11 heteroatoms. The lowest BCUT2D eigenvalue weighted by atomic mass is 10.0. The second-order valence-electron chi connectivity index (χ2n) is 9.46. The minimum Gasteiger partial charge on any atom is -0.373 e. The highest BCUT2D eigenvalue weighted by atomic mass is 35.5. The number of anilines is 3. The third-order valence-electron chi connectivity index (χ3n) is 6.31. The lowest BCUT2D eigenvalue weighted by Gasteiger charge is -2.20. The summed E-state index contributed by atoms with van der Waals surface area (Å²) in [6.07, 6.45) is 3.38. The number of hydrogen-bond donors (Lipinski definition) is 2. The molecule has 0 aliphatic rings. The van der Waals surface area contributed by atoms with E-state index >= 15 is 0 Å². The van der Waals surface area contributed by atoms with Gasteiger partial charge in [0.2, 0.25) is 0 Å². The molecule has 0 aliphatic heterocycles. The summed E-state index contributed by atoms with van der Waals surface area (Å²) in [5.41, 5.74) is 4.21. The van der Waals surface area contributed by atoms with Crippen LogP contribution in [-0.2, 0) is 6.54 Å². The first-order chi connectivity index (χ1) is 19.3. The second-order valence-corrected chi connectivity index (χ2v) is 10.3. The molecule has 0 radical (unpaired) electrons. The average molecular weight is 575 g/mol. The van der Waals surface area contributed by atoms with Crippen LogP contribution in [0.2, 0.25) is 10.0 Å². The Labute approximate surface area is 241 Å². The highest BCUT2D eigenvalue weighted by Gasteiger charge is 2.20. The summed E-state index contributed by atoms with van der Waals surface area (Å²) < 4.78 is 15.6. The maximum absolute atomic E-state index is 13.8. The first-order valence-corrected chi connectivity index (χ1v) is 13.2. The molecule has 2 aromatic heterocycles. The maximum atomic E-state index is 13.8. The van der Waals surface area contributed by atoms with Gasteiger partial charge in [-0.2, -0.15) is 5.26 Å². The summed E-state index contributed by atoms with van der Waals surface area (Å²) in [5, 5.41) is 26.3. The highest BCUT2D eigenvalue weighted by molar-refractivity contribution is 6.36. The third-order valence-corrected chi connectivity index (χ3v) is 6.88. The molecule has 0 amide bonds. The zero-order valence-corrected chi connectivity index (χ0v) is 23.2. The van der Waals surface area contributed by atoms with Crippen LogP contribution in [0.3, 0.4) is 0 Å². The van der Waals surface area contributed by atoms with Crippen LogP contribution in [0.5, 0.6) is 0 Å². The van der Waals surface area contributed by atoms with Crippen LogP contribution in [0.4, 0.5) is 21.5 Å². The van der Waals surface area contributed by atoms with E-state index in [2.05, 4.69) is 36.9 Å². The van der Waals surface area contributed by atoms with Gasteiger partial charge in [0.25, 0.3) is 0 Å². The number of hydrogen-bond acceptors (Lipinski definition) is 7. The Bertz CT molecular complexity index is 1700. The highest BCUT2D eigenvalue weighted by Crippen LogP contribution is 2.37. The number of nitrogens with one attached hydrogen (secondary N) is 2. The summed E-state index contributed by atoms with van der Waals surface area (Å²) >= 11 is 12.7. The Morgan fingerprint density at radius 1 is 1.05 bits per heavy atom. The summed E-state index contributed by atoms with van der Waals surface area (Å²) in [4.78, 5) is 6.51. The number of rotatable bonds is 9. The summed E-state index contributed by atoms with van der Waals surface area (Å²) in [6.45, 7) is 1.53. The predicted octanol–water partition coefficient (Wildman–Crippen LogP) is 6.65. The number of halogens is 3. The molecule has 0 aliphatic carbocycles. The van der Waals surface area contributed by atoms with Crippen molar-refractivity contribution in [1.29, 1.82) is 5.26 Å². The van der Waals surface area contributed by atoms with E-state index in [1.165, 1.54) is 18.3 Å². The van der Waals surface area contributed by atoms with Crippen molar-refractivity contribution in [2.75, 3.05) is 31.3 Å². The number of aromatic nitrogens is 4. The van der Waals surface area contributed by atoms with Gasteiger partial charge in [-0.1, -0.05) is 58.7 Å². The van der Waals surface area contributed by atoms with E-state index in [9.17, 15) is 9.65 Å². The number of benzene rings is 3. The Balaban J connectivity index is 1.56. The number of likely N-dealkylation sites (N-methyl/N-ethyl adjacent to an activating group) is 1. The Morgan fingerprint density at radius 2 is 1.82 bits per heavy atom. The Morgan fingerprint density at radius 3 is 2.55 bits per heavy atom. The van der Waals surface area contributed by atoms with Gasteiger partial charge in [0.1, 0.15) is 17.6 Å². The van der Waals surface area contributed by atoms with Gasteiger partial charge in [-0.3, -0.25) is 9.67 Å². The molecule has 5 aromatic rings. The lowest BCUT2D eigenvalue weighted by molar-refractivity contribution is 0.370. The normalized spacial score (nSPS) is 11.9. The van der Waals surface area contributed by atoms with Crippen molar-refractivity contribution < 1.29 is 4.39 Å². The van der Waals surface area contributed by atoms with Gasteiger partial charge in [-0.15, -0.1) is 5.10 Å². The molecule has 3 aromatic carbocycles. The molecule has 1 unspecified atom stereocenters. The monoisotopic (exact) mass is 574 g/mol. The second kappa shape index (κ2) is 11.9. The molecule has 202 valence electrons. The van der Waals surface area contributed by atoms with Crippen LogP contribution in [0.1, 0.15) is 22.9 Å². The number of nitriles is 1. The fourth-order valence-electron chi connectivity index (χ4n) is 4.28. The van der Waals surface area contributed by atoms with Crippen LogP contribution < -0.4 is 10.6 Å². The third kappa shape index (κ3) is 6.00. The molecule has 0 spiro atoms. The van der Waals surface area contributed by atoms with Gasteiger partial charge in [-0.05, 0) is 50.0 Å². The Hall–Kier alpha value is -4.23. The molecule has 0 saturated heterocycles. The molecule has 2 heterocycles. The molecule has 0 fully saturated rings. The first kappa shape index (κ1) is 27.3. The van der Waals surface area contributed by atoms with Crippen LogP contribution in [-0.4, -0.2) is 45.5 Å². The van der Waals surface area contributed by atoms with Gasteiger partial charge in [0.15, 0.2) is 0 Å². The molecule has 2 N–H and O–H groups in total. The van der Waals surface area contributed by atoms with E-state index < -0.39 is 5.82 Å². The topological polar surface area (TPSA) is 94.7 Å². The van der Waals surface area contributed by atoms with Crippen LogP contribution >= 0.6 is 23.2 Å². The standard InChI is InChI=1S/C29H25Cl2FN8/c1-39(2)10-11-40-17-26(37-38-40)28(18-6-4-3-5-7-18)36-21-12-22-27(35-20-8-9-25(32)23(30)13-20)19(15-33)16-34-29(22)24(31)14-21/h3-9,12-14,16-17,28,36H,10-11H2,1-2H3,(H,34,35). The quantitative estimate of drug-likeness (QED) is 0.203. The smallest absolute Gasteiger partial charge is 0.141 e. The molecule has 5 rings (SSSR count). The van der Waals surface area contributed by atoms with Gasteiger partial charge < -0.3 is 15.5 Å². The largest absolute Gasteiger partial charge is 0.373 e. The fraction of sp³-hybridized carbons (Fsp3) is 0.172. The summed E-state index contributed by atoms with van der Waals surface area (Å²) in [5.74, 6) is -0.535. The molecule has 0 bridgehead atoms. The Kier molecular flexibility index (Phi) is 8.12. The molecule has 8 nitrogen and oxygen atoms in total. The number of nitrogens with zero attached hydrogens (tertiary/aromatic N) is 6. The summed E-state index contributed by atoms with van der Waals surface area (Å²) in [7, 11) is 4.02. The first-order valence-electron chi connectivity index (χ1n) is 12.4. The van der Waals surface area contributed by atoms with E-state index in [-0.39, 0.29) is 11.1 Å². The minimum atomic E-state index is -0.535. The van der Waals surface area contributed by atoms with Crippen molar-refractivity contribution in [3.8, 4) is 6.07 Å².